The number of allylic oxidation sites excluding steroid dienone is 5. The molecule has 2 N–H and O–H groups in total. The molecule has 1 heterocycles. The fourth-order valence-corrected chi connectivity index (χ4v) is 5.18. The summed E-state index contributed by atoms with van der Waals surface area (Å²) in [5.41, 5.74) is 6.46. The number of carbonyl (C=O) groups is 1. The van der Waals surface area contributed by atoms with Gasteiger partial charge in [0.25, 0.3) is 0 Å². The third-order valence-corrected chi connectivity index (χ3v) is 8.28. The zero-order chi connectivity index (χ0) is 31.9. The van der Waals surface area contributed by atoms with Crippen LogP contribution >= 0.6 is 0 Å². The van der Waals surface area contributed by atoms with Crippen molar-refractivity contribution in [2.24, 2.45) is 5.92 Å². The lowest BCUT2D eigenvalue weighted by atomic mass is 9.87. The van der Waals surface area contributed by atoms with Crippen LogP contribution in [0, 0.1) is 5.92 Å². The van der Waals surface area contributed by atoms with Crippen LogP contribution in [0.4, 0.5) is 5.69 Å². The number of piperazine rings is 1. The number of benzene rings is 2. The van der Waals surface area contributed by atoms with Gasteiger partial charge in [-0.15, -0.1) is 4.89 Å². The molecule has 7 nitrogen and oxygen atoms in total. The Hall–Kier alpha value is -2.88. The van der Waals surface area contributed by atoms with Crippen molar-refractivity contribution in [2.45, 2.75) is 60.3 Å². The number of hydrogen-bond donors (Lipinski definition) is 2. The van der Waals surface area contributed by atoms with Crippen LogP contribution < -0.4 is 10.2 Å². The van der Waals surface area contributed by atoms with Gasteiger partial charge in [-0.1, -0.05) is 75.2 Å². The fraction of sp³-hybridized carbons (Fsp3) is 0.457. The highest BCUT2D eigenvalue weighted by atomic mass is 32.2. The van der Waals surface area contributed by atoms with Gasteiger partial charge in [-0.25, -0.2) is 4.21 Å². The quantitative estimate of drug-likeness (QED) is 0.112. The Morgan fingerprint density at radius 2 is 1.56 bits per heavy atom. The predicted octanol–water partition coefficient (Wildman–Crippen LogP) is 6.85. The first-order valence-electron chi connectivity index (χ1n) is 15.3. The minimum Gasteiger partial charge on any atom is -0.354 e. The molecule has 0 bridgehead atoms. The van der Waals surface area contributed by atoms with Crippen molar-refractivity contribution in [1.29, 1.82) is 0 Å². The standard InChI is InChI=1S/C33H46N4O3S.C2H6/c1-24(2)26(5)23-31(25(3)4)32(27(6)38)33(28-11-9-8-10-12-28)34-29-13-15-30(16-14-29)41(39)35-40-22-21-37-19-17-36(7)18-20-37;1-2/h8-16,23,25,34-35H,17-22H2,1-7H3;1-2H3/b31-23+,33-32+;. The van der Waals surface area contributed by atoms with Gasteiger partial charge in [0.2, 0.25) is 0 Å². The first-order chi connectivity index (χ1) is 20.6. The van der Waals surface area contributed by atoms with Crippen molar-refractivity contribution < 1.29 is 13.8 Å². The van der Waals surface area contributed by atoms with E-state index < -0.39 is 11.0 Å². The molecule has 1 saturated heterocycles. The van der Waals surface area contributed by atoms with E-state index in [1.165, 1.54) is 5.57 Å². The van der Waals surface area contributed by atoms with E-state index in [4.69, 9.17) is 4.84 Å². The molecule has 2 aromatic rings. The van der Waals surface area contributed by atoms with E-state index in [0.29, 0.717) is 17.1 Å². The van der Waals surface area contributed by atoms with E-state index >= 15 is 0 Å². The lowest BCUT2D eigenvalue weighted by Crippen LogP contribution is -2.45. The second-order valence-electron chi connectivity index (χ2n) is 11.1. The van der Waals surface area contributed by atoms with E-state index in [-0.39, 0.29) is 11.7 Å². The highest BCUT2D eigenvalue weighted by Gasteiger charge is 2.21. The van der Waals surface area contributed by atoms with Gasteiger partial charge < -0.3 is 10.2 Å². The molecule has 0 aromatic heterocycles. The molecule has 0 saturated carbocycles. The van der Waals surface area contributed by atoms with Crippen molar-refractivity contribution in [2.75, 3.05) is 51.7 Å². The van der Waals surface area contributed by atoms with Gasteiger partial charge in [-0.3, -0.25) is 14.5 Å². The van der Waals surface area contributed by atoms with Gasteiger partial charge in [-0.2, -0.15) is 0 Å². The number of hydrogen-bond acceptors (Lipinski definition) is 6. The number of anilines is 1. The first-order valence-corrected chi connectivity index (χ1v) is 16.5. The Balaban J connectivity index is 0.00000316. The number of nitrogens with zero attached hydrogens (tertiary/aromatic N) is 2. The van der Waals surface area contributed by atoms with Gasteiger partial charge in [0.1, 0.15) is 11.0 Å². The minimum atomic E-state index is -1.50. The van der Waals surface area contributed by atoms with E-state index in [2.05, 4.69) is 67.7 Å². The summed E-state index contributed by atoms with van der Waals surface area (Å²) in [6.45, 7) is 21.5. The molecule has 236 valence electrons. The molecule has 0 radical (unpaired) electrons. The Kier molecular flexibility index (Phi) is 15.8. The third kappa shape index (κ3) is 11.6. The molecule has 43 heavy (non-hydrogen) atoms. The number of rotatable bonds is 13. The van der Waals surface area contributed by atoms with Crippen LogP contribution in [0.15, 0.2) is 87.9 Å². The largest absolute Gasteiger partial charge is 0.354 e. The molecule has 2 aromatic carbocycles. The van der Waals surface area contributed by atoms with Crippen LogP contribution in [-0.4, -0.2) is 66.2 Å². The zero-order valence-corrected chi connectivity index (χ0v) is 28.4. The monoisotopic (exact) mass is 608 g/mol. The van der Waals surface area contributed by atoms with Crippen LogP contribution in [0.25, 0.3) is 5.70 Å². The van der Waals surface area contributed by atoms with E-state index in [0.717, 1.165) is 60.8 Å². The molecule has 1 atom stereocenters. The number of likely N-dealkylation sites (N-methyl/N-ethyl adjacent to an activating group) is 1. The normalized spacial score (nSPS) is 15.7. The Morgan fingerprint density at radius 3 is 2.09 bits per heavy atom. The molecule has 1 aliphatic heterocycles. The van der Waals surface area contributed by atoms with Crippen molar-refractivity contribution in [3.63, 3.8) is 0 Å². The van der Waals surface area contributed by atoms with E-state index in [1.54, 1.807) is 19.1 Å². The third-order valence-electron chi connectivity index (χ3n) is 7.31. The molecule has 1 fully saturated rings. The number of Topliss-reactive ketones (excluding diaryl/α,β-unsaturated/α-hetero) is 1. The molecule has 3 rings (SSSR count). The second kappa shape index (κ2) is 18.7. The van der Waals surface area contributed by atoms with Crippen LogP contribution in [0.1, 0.15) is 61.0 Å². The van der Waals surface area contributed by atoms with Crippen molar-refractivity contribution in [1.82, 2.24) is 14.7 Å². The predicted molar refractivity (Wildman–Crippen MR) is 182 cm³/mol. The second-order valence-corrected chi connectivity index (χ2v) is 12.3. The van der Waals surface area contributed by atoms with Crippen molar-refractivity contribution in [3.8, 4) is 0 Å². The maximum atomic E-state index is 13.2. The average Bonchev–Trinajstić information content (AvgIpc) is 3.00. The zero-order valence-electron chi connectivity index (χ0n) is 27.6. The van der Waals surface area contributed by atoms with Crippen LogP contribution in [0.2, 0.25) is 0 Å². The molecule has 0 aliphatic carbocycles. The summed E-state index contributed by atoms with van der Waals surface area (Å²) in [5.74, 6) is 0.129. The maximum Gasteiger partial charge on any atom is 0.162 e. The maximum absolute atomic E-state index is 13.2. The highest BCUT2D eigenvalue weighted by molar-refractivity contribution is 7.82. The summed E-state index contributed by atoms with van der Waals surface area (Å²) in [6, 6.07) is 17.3. The molecule has 0 spiro atoms. The average molecular weight is 609 g/mol. The van der Waals surface area contributed by atoms with Gasteiger partial charge >= 0.3 is 0 Å². The molecule has 1 aliphatic rings. The lowest BCUT2D eigenvalue weighted by Gasteiger charge is -2.32. The molecular formula is C35H52N4O3S. The topological polar surface area (TPSA) is 73.9 Å². The summed E-state index contributed by atoms with van der Waals surface area (Å²) in [4.78, 5) is 26.7. The smallest absolute Gasteiger partial charge is 0.162 e. The SMILES string of the molecule is CC.CC(=O)C(=C(\Nc1ccc(S(=O)NOCCN2CCN(C)CC2)cc1)c1ccccc1)/C(=C/C(C)=C(C)C)C(C)C. The summed E-state index contributed by atoms with van der Waals surface area (Å²) in [5, 5.41) is 3.51. The van der Waals surface area contributed by atoms with Crippen molar-refractivity contribution in [3.05, 3.63) is 88.5 Å². The molecule has 1 unspecified atom stereocenters. The first kappa shape index (κ1) is 36.3. The Labute approximate surface area is 262 Å². The Bertz CT molecular complexity index is 1270. The van der Waals surface area contributed by atoms with E-state index in [1.807, 2.05) is 56.3 Å². The molecule has 8 heteroatoms. The van der Waals surface area contributed by atoms with Crippen LogP contribution in [0.3, 0.4) is 0 Å². The summed E-state index contributed by atoms with van der Waals surface area (Å²) in [6.07, 6.45) is 2.13. The van der Waals surface area contributed by atoms with Gasteiger partial charge in [0, 0.05) is 44.0 Å². The van der Waals surface area contributed by atoms with E-state index in [9.17, 15) is 9.00 Å². The van der Waals surface area contributed by atoms with Crippen LogP contribution in [0.5, 0.6) is 0 Å². The number of carbonyl (C=O) groups excluding carboxylic acids is 1. The van der Waals surface area contributed by atoms with Gasteiger partial charge in [-0.05, 0) is 76.1 Å². The summed E-state index contributed by atoms with van der Waals surface area (Å²) >= 11 is 0. The van der Waals surface area contributed by atoms with Gasteiger partial charge in [0.15, 0.2) is 5.78 Å². The van der Waals surface area contributed by atoms with Crippen molar-refractivity contribution >= 4 is 28.2 Å². The van der Waals surface area contributed by atoms with Gasteiger partial charge in [0.05, 0.1) is 17.2 Å². The molecular weight excluding hydrogens is 556 g/mol. The minimum absolute atomic E-state index is 0.00601. The lowest BCUT2D eigenvalue weighted by molar-refractivity contribution is -0.113. The highest BCUT2D eigenvalue weighted by Crippen LogP contribution is 2.31. The molecule has 0 amide bonds. The number of ketones is 1. The fourth-order valence-electron chi connectivity index (χ4n) is 4.51. The number of nitrogens with one attached hydrogen (secondary N) is 2. The summed E-state index contributed by atoms with van der Waals surface area (Å²) < 4.78 is 12.8. The summed E-state index contributed by atoms with van der Waals surface area (Å²) in [7, 11) is 0.632. The van der Waals surface area contributed by atoms with Crippen LogP contribution in [-0.2, 0) is 20.6 Å². The Morgan fingerprint density at radius 1 is 0.953 bits per heavy atom.